The highest BCUT2D eigenvalue weighted by Gasteiger charge is 2.13. The third-order valence-electron chi connectivity index (χ3n) is 5.79. The summed E-state index contributed by atoms with van der Waals surface area (Å²) in [6, 6.07) is 9.78. The minimum Gasteiger partial charge on any atom is -0.370 e. The zero-order chi connectivity index (χ0) is 21.2. The van der Waals surface area contributed by atoms with E-state index in [1.54, 1.807) is 6.07 Å². The molecule has 7 heteroatoms. The average Bonchev–Trinajstić information content (AvgIpc) is 3.45. The molecule has 6 nitrogen and oxygen atoms in total. The third kappa shape index (κ3) is 4.21. The maximum absolute atomic E-state index is 14.7. The highest BCUT2D eigenvalue weighted by molar-refractivity contribution is 5.80. The van der Waals surface area contributed by atoms with Crippen LogP contribution in [0, 0.1) is 12.9 Å². The van der Waals surface area contributed by atoms with Crippen LogP contribution < -0.4 is 10.2 Å². The van der Waals surface area contributed by atoms with Gasteiger partial charge in [0.15, 0.2) is 0 Å². The summed E-state index contributed by atoms with van der Waals surface area (Å²) in [7, 11) is 0. The number of nitrogens with one attached hydrogen (secondary N) is 2. The van der Waals surface area contributed by atoms with Gasteiger partial charge in [0.25, 0.3) is 0 Å². The molecule has 0 radical (unpaired) electrons. The molecule has 0 amide bonds. The molecule has 4 aromatic rings. The van der Waals surface area contributed by atoms with Crippen LogP contribution in [0.5, 0.6) is 0 Å². The van der Waals surface area contributed by atoms with E-state index in [-0.39, 0.29) is 0 Å². The van der Waals surface area contributed by atoms with E-state index in [1.807, 2.05) is 37.6 Å². The molecule has 0 atom stereocenters. The second kappa shape index (κ2) is 8.34. The largest absolute Gasteiger partial charge is 0.370 e. The molecule has 1 saturated heterocycles. The number of halogens is 1. The first-order valence-electron chi connectivity index (χ1n) is 10.7. The summed E-state index contributed by atoms with van der Waals surface area (Å²) in [4.78, 5) is 18.5. The van der Waals surface area contributed by atoms with Gasteiger partial charge < -0.3 is 15.2 Å². The number of anilines is 2. The Morgan fingerprint density at radius 2 is 1.94 bits per heavy atom. The van der Waals surface area contributed by atoms with Crippen LogP contribution in [0.15, 0.2) is 48.9 Å². The van der Waals surface area contributed by atoms with Crippen molar-refractivity contribution in [3.63, 3.8) is 0 Å². The van der Waals surface area contributed by atoms with Crippen molar-refractivity contribution in [3.8, 4) is 0 Å². The molecule has 0 aliphatic carbocycles. The first kappa shape index (κ1) is 19.5. The van der Waals surface area contributed by atoms with E-state index in [2.05, 4.69) is 42.3 Å². The number of hydrogen-bond donors (Lipinski definition) is 2. The van der Waals surface area contributed by atoms with Gasteiger partial charge in [-0.2, -0.15) is 4.39 Å². The zero-order valence-electron chi connectivity index (χ0n) is 17.5. The SMILES string of the molecule is Cc1cnc2[nH]cc(Cc3ccc(NCc4ccc(N5CCCC5)cn4)nc3F)c2c1. The van der Waals surface area contributed by atoms with Crippen molar-refractivity contribution in [2.75, 3.05) is 23.3 Å². The zero-order valence-corrected chi connectivity index (χ0v) is 17.5. The van der Waals surface area contributed by atoms with Gasteiger partial charge in [-0.1, -0.05) is 6.07 Å². The molecule has 31 heavy (non-hydrogen) atoms. The van der Waals surface area contributed by atoms with Crippen molar-refractivity contribution < 1.29 is 4.39 Å². The van der Waals surface area contributed by atoms with Gasteiger partial charge >= 0.3 is 0 Å². The van der Waals surface area contributed by atoms with Crippen molar-refractivity contribution in [2.24, 2.45) is 0 Å². The topological polar surface area (TPSA) is 69.7 Å². The number of aryl methyl sites for hydroxylation is 1. The Morgan fingerprint density at radius 1 is 1.06 bits per heavy atom. The standard InChI is InChI=1S/C24H25FN6/c1-16-10-21-18(13-29-24(21)28-12-16)11-17-4-7-22(30-23(17)25)27-14-19-5-6-20(15-26-19)31-8-2-3-9-31/h4-7,10,12-13,15H,2-3,8-9,11,14H2,1H3,(H,27,30)(H,28,29). The van der Waals surface area contributed by atoms with E-state index < -0.39 is 5.95 Å². The predicted octanol–water partition coefficient (Wildman–Crippen LogP) is 4.60. The van der Waals surface area contributed by atoms with Gasteiger partial charge in [-0.15, -0.1) is 0 Å². The summed E-state index contributed by atoms with van der Waals surface area (Å²) in [6.07, 6.45) is 8.57. The van der Waals surface area contributed by atoms with Crippen LogP contribution in [-0.4, -0.2) is 33.0 Å². The van der Waals surface area contributed by atoms with Crippen LogP contribution in [0.4, 0.5) is 15.9 Å². The first-order chi connectivity index (χ1) is 15.2. The number of aromatic amines is 1. The van der Waals surface area contributed by atoms with E-state index in [9.17, 15) is 4.39 Å². The van der Waals surface area contributed by atoms with Gasteiger partial charge in [0.05, 0.1) is 24.1 Å². The lowest BCUT2D eigenvalue weighted by Gasteiger charge is -2.17. The molecule has 4 aromatic heterocycles. The van der Waals surface area contributed by atoms with Crippen molar-refractivity contribution in [2.45, 2.75) is 32.7 Å². The first-order valence-corrected chi connectivity index (χ1v) is 10.7. The molecule has 5 rings (SSSR count). The fourth-order valence-electron chi connectivity index (χ4n) is 4.07. The lowest BCUT2D eigenvalue weighted by atomic mass is 10.1. The Morgan fingerprint density at radius 3 is 2.71 bits per heavy atom. The number of fused-ring (bicyclic) bond motifs is 1. The molecule has 0 unspecified atom stereocenters. The lowest BCUT2D eigenvalue weighted by Crippen LogP contribution is -2.17. The number of nitrogens with zero attached hydrogens (tertiary/aromatic N) is 4. The Labute approximate surface area is 180 Å². The van der Waals surface area contributed by atoms with Gasteiger partial charge in [-0.05, 0) is 55.2 Å². The van der Waals surface area contributed by atoms with Crippen LogP contribution in [-0.2, 0) is 13.0 Å². The van der Waals surface area contributed by atoms with Crippen LogP contribution in [0.3, 0.4) is 0 Å². The second-order valence-corrected chi connectivity index (χ2v) is 8.10. The maximum atomic E-state index is 14.7. The van der Waals surface area contributed by atoms with E-state index in [0.29, 0.717) is 24.3 Å². The molecule has 5 heterocycles. The molecule has 1 aliphatic heterocycles. The summed E-state index contributed by atoms with van der Waals surface area (Å²) in [5, 5.41) is 4.19. The normalized spacial score (nSPS) is 13.8. The highest BCUT2D eigenvalue weighted by atomic mass is 19.1. The number of hydrogen-bond acceptors (Lipinski definition) is 5. The number of rotatable bonds is 6. The van der Waals surface area contributed by atoms with Gasteiger partial charge in [-0.3, -0.25) is 4.98 Å². The van der Waals surface area contributed by atoms with Gasteiger partial charge in [0, 0.05) is 42.9 Å². The monoisotopic (exact) mass is 416 g/mol. The summed E-state index contributed by atoms with van der Waals surface area (Å²) >= 11 is 0. The molecule has 0 aromatic carbocycles. The Kier molecular flexibility index (Phi) is 5.24. The number of aromatic nitrogens is 4. The van der Waals surface area contributed by atoms with Gasteiger partial charge in [0.1, 0.15) is 11.5 Å². The van der Waals surface area contributed by atoms with Crippen LogP contribution in [0.25, 0.3) is 11.0 Å². The summed E-state index contributed by atoms with van der Waals surface area (Å²) in [5.74, 6) is 0.0420. The van der Waals surface area contributed by atoms with E-state index in [4.69, 9.17) is 0 Å². The van der Waals surface area contributed by atoms with E-state index in [0.717, 1.165) is 46.6 Å². The van der Waals surface area contributed by atoms with E-state index >= 15 is 0 Å². The molecular formula is C24H25FN6. The lowest BCUT2D eigenvalue weighted by molar-refractivity contribution is 0.571. The number of H-pyrrole nitrogens is 1. The van der Waals surface area contributed by atoms with Crippen molar-refractivity contribution >= 4 is 22.5 Å². The summed E-state index contributed by atoms with van der Waals surface area (Å²) < 4.78 is 14.7. The van der Waals surface area contributed by atoms with Crippen LogP contribution in [0.2, 0.25) is 0 Å². The van der Waals surface area contributed by atoms with Crippen molar-refractivity contribution in [3.05, 3.63) is 77.3 Å². The summed E-state index contributed by atoms with van der Waals surface area (Å²) in [6.45, 7) is 4.70. The third-order valence-corrected chi connectivity index (χ3v) is 5.79. The second-order valence-electron chi connectivity index (χ2n) is 8.10. The minimum absolute atomic E-state index is 0.461. The number of pyridine rings is 3. The van der Waals surface area contributed by atoms with Gasteiger partial charge in [-0.25, -0.2) is 9.97 Å². The molecule has 2 N–H and O–H groups in total. The molecule has 0 spiro atoms. The maximum Gasteiger partial charge on any atom is 0.218 e. The fourth-order valence-corrected chi connectivity index (χ4v) is 4.07. The van der Waals surface area contributed by atoms with E-state index in [1.165, 1.54) is 12.8 Å². The quantitative estimate of drug-likeness (QED) is 0.450. The molecular weight excluding hydrogens is 391 g/mol. The average molecular weight is 417 g/mol. The molecule has 0 saturated carbocycles. The Hall–Kier alpha value is -3.48. The predicted molar refractivity (Wildman–Crippen MR) is 121 cm³/mol. The van der Waals surface area contributed by atoms with Crippen molar-refractivity contribution in [1.82, 2.24) is 19.9 Å². The Bertz CT molecular complexity index is 1190. The molecule has 0 bridgehead atoms. The molecule has 1 aliphatic rings. The summed E-state index contributed by atoms with van der Waals surface area (Å²) in [5.41, 5.74) is 5.52. The fraction of sp³-hybridized carbons (Fsp3) is 0.292. The van der Waals surface area contributed by atoms with Gasteiger partial charge in [0.2, 0.25) is 5.95 Å². The van der Waals surface area contributed by atoms with Crippen LogP contribution >= 0.6 is 0 Å². The molecule has 1 fully saturated rings. The van der Waals surface area contributed by atoms with Crippen molar-refractivity contribution in [1.29, 1.82) is 0 Å². The smallest absolute Gasteiger partial charge is 0.218 e. The highest BCUT2D eigenvalue weighted by Crippen LogP contribution is 2.23. The van der Waals surface area contributed by atoms with Crippen LogP contribution in [0.1, 0.15) is 35.2 Å². The minimum atomic E-state index is -0.461. The molecule has 158 valence electrons. The Balaban J connectivity index is 1.24.